The molecule has 17 heavy (non-hydrogen) atoms. The number of carbonyl (C=O) groups excluding carboxylic acids is 1. The van der Waals surface area contributed by atoms with E-state index >= 15 is 0 Å². The van der Waals surface area contributed by atoms with Crippen molar-refractivity contribution < 1.29 is 14.7 Å². The third-order valence-electron chi connectivity index (χ3n) is 3.02. The number of hydrogen-bond acceptors (Lipinski definition) is 3. The van der Waals surface area contributed by atoms with Crippen molar-refractivity contribution in [2.45, 2.75) is 19.3 Å². The van der Waals surface area contributed by atoms with Gasteiger partial charge >= 0.3 is 5.97 Å². The molecule has 0 aliphatic heterocycles. The van der Waals surface area contributed by atoms with Crippen molar-refractivity contribution in [1.82, 2.24) is 10.3 Å². The number of aromatic carboxylic acids is 1. The monoisotopic (exact) mass is 234 g/mol. The predicted molar refractivity (Wildman–Crippen MR) is 60.9 cm³/mol. The molecule has 1 fully saturated rings. The van der Waals surface area contributed by atoms with Gasteiger partial charge in [0.05, 0.1) is 5.56 Å². The standard InChI is InChI=1S/C12H14N2O3/c15-11(14-6-8-2-1-3-8)9-4-5-10(12(16)17)13-7-9/h4-5,7-8H,1-3,6H2,(H,14,15)(H,16,17). The van der Waals surface area contributed by atoms with E-state index in [4.69, 9.17) is 5.11 Å². The summed E-state index contributed by atoms with van der Waals surface area (Å²) in [6, 6.07) is 2.81. The van der Waals surface area contributed by atoms with Crippen LogP contribution in [-0.2, 0) is 0 Å². The highest BCUT2D eigenvalue weighted by atomic mass is 16.4. The molecule has 5 nitrogen and oxygen atoms in total. The average molecular weight is 234 g/mol. The zero-order chi connectivity index (χ0) is 12.3. The van der Waals surface area contributed by atoms with Crippen molar-refractivity contribution in [1.29, 1.82) is 0 Å². The summed E-state index contributed by atoms with van der Waals surface area (Å²) in [6.07, 6.45) is 4.89. The van der Waals surface area contributed by atoms with Crippen LogP contribution in [-0.4, -0.2) is 28.5 Å². The third-order valence-corrected chi connectivity index (χ3v) is 3.02. The topological polar surface area (TPSA) is 79.3 Å². The molecule has 1 aromatic heterocycles. The number of carboxylic acids is 1. The normalized spacial score (nSPS) is 15.1. The van der Waals surface area contributed by atoms with Gasteiger partial charge in [0.25, 0.3) is 5.91 Å². The molecule has 1 amide bonds. The number of aromatic nitrogens is 1. The molecule has 0 spiro atoms. The molecule has 0 bridgehead atoms. The van der Waals surface area contributed by atoms with Crippen LogP contribution < -0.4 is 5.32 Å². The van der Waals surface area contributed by atoms with Gasteiger partial charge in [-0.15, -0.1) is 0 Å². The van der Waals surface area contributed by atoms with E-state index in [0.717, 1.165) is 0 Å². The number of carboxylic acid groups (broad SMARTS) is 1. The fourth-order valence-electron chi connectivity index (χ4n) is 1.69. The summed E-state index contributed by atoms with van der Waals surface area (Å²) >= 11 is 0. The van der Waals surface area contributed by atoms with Gasteiger partial charge in [-0.25, -0.2) is 9.78 Å². The molecule has 2 rings (SSSR count). The number of pyridine rings is 1. The Bertz CT molecular complexity index is 424. The molecule has 5 heteroatoms. The maximum absolute atomic E-state index is 11.7. The van der Waals surface area contributed by atoms with Crippen molar-refractivity contribution in [2.75, 3.05) is 6.54 Å². The Balaban J connectivity index is 1.91. The number of amides is 1. The molecule has 1 aromatic rings. The van der Waals surface area contributed by atoms with Gasteiger partial charge in [-0.1, -0.05) is 6.42 Å². The molecular weight excluding hydrogens is 220 g/mol. The van der Waals surface area contributed by atoms with E-state index in [1.807, 2.05) is 0 Å². The molecule has 0 radical (unpaired) electrons. The highest BCUT2D eigenvalue weighted by Gasteiger charge is 2.18. The van der Waals surface area contributed by atoms with Crippen molar-refractivity contribution in [3.05, 3.63) is 29.6 Å². The Morgan fingerprint density at radius 3 is 2.65 bits per heavy atom. The molecule has 2 N–H and O–H groups in total. The molecular formula is C12H14N2O3. The summed E-state index contributed by atoms with van der Waals surface area (Å²) < 4.78 is 0. The largest absolute Gasteiger partial charge is 0.477 e. The lowest BCUT2D eigenvalue weighted by Gasteiger charge is -2.25. The minimum atomic E-state index is -1.09. The highest BCUT2D eigenvalue weighted by Crippen LogP contribution is 2.25. The van der Waals surface area contributed by atoms with Gasteiger partial charge in [-0.2, -0.15) is 0 Å². The number of nitrogens with one attached hydrogen (secondary N) is 1. The van der Waals surface area contributed by atoms with Crippen LogP contribution in [0.4, 0.5) is 0 Å². The summed E-state index contributed by atoms with van der Waals surface area (Å²) in [7, 11) is 0. The van der Waals surface area contributed by atoms with Gasteiger partial charge in [0.2, 0.25) is 0 Å². The smallest absolute Gasteiger partial charge is 0.354 e. The number of hydrogen-bond donors (Lipinski definition) is 2. The Hall–Kier alpha value is -1.91. The first kappa shape index (κ1) is 11.6. The van der Waals surface area contributed by atoms with Gasteiger partial charge in [0.1, 0.15) is 5.69 Å². The van der Waals surface area contributed by atoms with Crippen LogP contribution in [0.5, 0.6) is 0 Å². The highest BCUT2D eigenvalue weighted by molar-refractivity contribution is 5.94. The lowest BCUT2D eigenvalue weighted by atomic mass is 9.85. The van der Waals surface area contributed by atoms with E-state index in [1.54, 1.807) is 0 Å². The summed E-state index contributed by atoms with van der Waals surface area (Å²) in [5, 5.41) is 11.5. The van der Waals surface area contributed by atoms with E-state index in [9.17, 15) is 9.59 Å². The summed E-state index contributed by atoms with van der Waals surface area (Å²) in [5.41, 5.74) is 0.342. The van der Waals surface area contributed by atoms with Gasteiger partial charge in [0.15, 0.2) is 0 Å². The van der Waals surface area contributed by atoms with Crippen LogP contribution >= 0.6 is 0 Å². The lowest BCUT2D eigenvalue weighted by molar-refractivity contribution is 0.0689. The van der Waals surface area contributed by atoms with E-state index in [0.29, 0.717) is 18.0 Å². The fourth-order valence-corrected chi connectivity index (χ4v) is 1.69. The molecule has 1 aliphatic rings. The van der Waals surface area contributed by atoms with Gasteiger partial charge in [0, 0.05) is 12.7 Å². The second-order valence-corrected chi connectivity index (χ2v) is 4.24. The first-order chi connectivity index (χ1) is 8.16. The first-order valence-electron chi connectivity index (χ1n) is 5.64. The lowest BCUT2D eigenvalue weighted by Crippen LogP contribution is -2.32. The number of carbonyl (C=O) groups is 2. The quantitative estimate of drug-likeness (QED) is 0.823. The second-order valence-electron chi connectivity index (χ2n) is 4.24. The van der Waals surface area contributed by atoms with Crippen molar-refractivity contribution >= 4 is 11.9 Å². The van der Waals surface area contributed by atoms with Crippen LogP contribution in [0.1, 0.15) is 40.1 Å². The van der Waals surface area contributed by atoms with Gasteiger partial charge in [-0.3, -0.25) is 4.79 Å². The van der Waals surface area contributed by atoms with Crippen molar-refractivity contribution in [3.63, 3.8) is 0 Å². The molecule has 0 atom stereocenters. The summed E-state index contributed by atoms with van der Waals surface area (Å²) in [4.78, 5) is 26.0. The zero-order valence-corrected chi connectivity index (χ0v) is 9.35. The van der Waals surface area contributed by atoms with Gasteiger partial charge < -0.3 is 10.4 Å². The maximum Gasteiger partial charge on any atom is 0.354 e. The van der Waals surface area contributed by atoms with Crippen LogP contribution in [0.25, 0.3) is 0 Å². The Labute approximate surface area is 98.9 Å². The molecule has 1 aliphatic carbocycles. The van der Waals surface area contributed by atoms with Crippen LogP contribution in [0.15, 0.2) is 18.3 Å². The number of nitrogens with zero attached hydrogens (tertiary/aromatic N) is 1. The van der Waals surface area contributed by atoms with Gasteiger partial charge in [-0.05, 0) is 30.9 Å². The molecule has 1 saturated carbocycles. The third kappa shape index (κ3) is 2.81. The molecule has 0 unspecified atom stereocenters. The van der Waals surface area contributed by atoms with Crippen LogP contribution in [0, 0.1) is 5.92 Å². The van der Waals surface area contributed by atoms with E-state index < -0.39 is 5.97 Å². The van der Waals surface area contributed by atoms with Crippen molar-refractivity contribution in [2.24, 2.45) is 5.92 Å². The van der Waals surface area contributed by atoms with E-state index in [1.165, 1.54) is 37.6 Å². The zero-order valence-electron chi connectivity index (χ0n) is 9.35. The summed E-state index contributed by atoms with van der Waals surface area (Å²) in [5.74, 6) is -0.682. The molecule has 1 heterocycles. The SMILES string of the molecule is O=C(NCC1CCC1)c1ccc(C(=O)O)nc1. The van der Waals surface area contributed by atoms with Crippen molar-refractivity contribution in [3.8, 4) is 0 Å². The van der Waals surface area contributed by atoms with E-state index in [-0.39, 0.29) is 11.6 Å². The minimum Gasteiger partial charge on any atom is -0.477 e. The second kappa shape index (κ2) is 4.95. The van der Waals surface area contributed by atoms with Crippen LogP contribution in [0.3, 0.4) is 0 Å². The Morgan fingerprint density at radius 1 is 1.41 bits per heavy atom. The number of rotatable bonds is 4. The average Bonchev–Trinajstić information content (AvgIpc) is 2.27. The van der Waals surface area contributed by atoms with Crippen LogP contribution in [0.2, 0.25) is 0 Å². The molecule has 0 aromatic carbocycles. The van der Waals surface area contributed by atoms with E-state index in [2.05, 4.69) is 10.3 Å². The Kier molecular flexibility index (Phi) is 3.37. The summed E-state index contributed by atoms with van der Waals surface area (Å²) in [6.45, 7) is 0.694. The maximum atomic E-state index is 11.7. The minimum absolute atomic E-state index is 0.0551. The first-order valence-corrected chi connectivity index (χ1v) is 5.64. The predicted octanol–water partition coefficient (Wildman–Crippen LogP) is 1.31. The molecule has 90 valence electrons. The fraction of sp³-hybridized carbons (Fsp3) is 0.417. The Morgan fingerprint density at radius 2 is 2.18 bits per heavy atom. The molecule has 0 saturated heterocycles.